The van der Waals surface area contributed by atoms with Gasteiger partial charge in [0.1, 0.15) is 5.69 Å². The summed E-state index contributed by atoms with van der Waals surface area (Å²) < 4.78 is 29.3. The highest BCUT2D eigenvalue weighted by Crippen LogP contribution is 2.32. The van der Waals surface area contributed by atoms with Crippen LogP contribution >= 0.6 is 0 Å². The highest BCUT2D eigenvalue weighted by Gasteiger charge is 2.40. The minimum atomic E-state index is -0.897. The van der Waals surface area contributed by atoms with Gasteiger partial charge in [0, 0.05) is 24.7 Å². The summed E-state index contributed by atoms with van der Waals surface area (Å²) in [4.78, 5) is 15.3. The van der Waals surface area contributed by atoms with Crippen LogP contribution in [0.3, 0.4) is 0 Å². The van der Waals surface area contributed by atoms with Gasteiger partial charge in [0.15, 0.2) is 11.6 Å². The van der Waals surface area contributed by atoms with Gasteiger partial charge in [-0.05, 0) is 63.0 Å². The van der Waals surface area contributed by atoms with Gasteiger partial charge in [0.25, 0.3) is 5.91 Å². The minimum absolute atomic E-state index is 0.134. The highest BCUT2D eigenvalue weighted by molar-refractivity contribution is 5.94. The lowest BCUT2D eigenvalue weighted by molar-refractivity contribution is 0.0215. The summed E-state index contributed by atoms with van der Waals surface area (Å²) in [6.07, 6.45) is 2.23. The highest BCUT2D eigenvalue weighted by atomic mass is 19.2. The van der Waals surface area contributed by atoms with Crippen LogP contribution < -0.4 is 5.32 Å². The molecule has 0 saturated carbocycles. The molecule has 2 atom stereocenters. The van der Waals surface area contributed by atoms with Crippen LogP contribution in [0.15, 0.2) is 30.3 Å². The zero-order chi connectivity index (χ0) is 18.4. The van der Waals surface area contributed by atoms with Crippen LogP contribution in [0.1, 0.15) is 30.3 Å². The number of carbonyl (C=O) groups is 1. The van der Waals surface area contributed by atoms with E-state index in [1.807, 2.05) is 0 Å². The number of benzene rings is 1. The molecule has 5 rings (SSSR count). The van der Waals surface area contributed by atoms with E-state index in [2.05, 4.69) is 17.1 Å². The van der Waals surface area contributed by atoms with Gasteiger partial charge in [-0.25, -0.2) is 8.78 Å². The van der Waals surface area contributed by atoms with E-state index in [1.165, 1.54) is 12.1 Å². The average Bonchev–Trinajstić information content (AvgIpc) is 3.02. The van der Waals surface area contributed by atoms with Crippen molar-refractivity contribution in [2.24, 2.45) is 13.0 Å². The summed E-state index contributed by atoms with van der Waals surface area (Å²) in [6, 6.07) is 7.86. The molecule has 0 radical (unpaired) electrons. The van der Waals surface area contributed by atoms with E-state index in [0.717, 1.165) is 32.0 Å². The summed E-state index contributed by atoms with van der Waals surface area (Å²) >= 11 is 0. The maximum atomic E-state index is 14.1. The molecule has 1 amide bonds. The number of fused-ring (bicyclic) bond motifs is 3. The molecular formula is C20H23F2N3O. The van der Waals surface area contributed by atoms with Crippen LogP contribution in [0, 0.1) is 17.6 Å². The number of rotatable bonds is 3. The number of hydrogen-bond acceptors (Lipinski definition) is 2. The molecule has 6 heteroatoms. The standard InChI is InChI=1S/C20H23F2N3O/c1-12-19(13-8-10-25(12)11-9-13)23-20(26)17-7-6-16(24(17)2)14-4-3-5-15(21)18(14)22/h3-7,12-13,19H,8-11H2,1-2H3,(H,23,26)/t12-,19-/m0/s1. The molecule has 2 bridgehead atoms. The fourth-order valence-corrected chi connectivity index (χ4v) is 4.48. The van der Waals surface area contributed by atoms with Crippen molar-refractivity contribution in [1.29, 1.82) is 0 Å². The molecule has 1 N–H and O–H groups in total. The molecule has 1 aromatic heterocycles. The van der Waals surface area contributed by atoms with Gasteiger partial charge in [-0.15, -0.1) is 0 Å². The lowest BCUT2D eigenvalue weighted by Gasteiger charge is -2.49. The summed E-state index contributed by atoms with van der Waals surface area (Å²) in [5.74, 6) is -1.44. The van der Waals surface area contributed by atoms with Gasteiger partial charge in [0.05, 0.1) is 5.69 Å². The maximum absolute atomic E-state index is 14.1. The predicted molar refractivity (Wildman–Crippen MR) is 95.8 cm³/mol. The summed E-state index contributed by atoms with van der Waals surface area (Å²) in [5.41, 5.74) is 1.09. The molecule has 138 valence electrons. The quantitative estimate of drug-likeness (QED) is 0.914. The van der Waals surface area contributed by atoms with Gasteiger partial charge < -0.3 is 9.88 Å². The fourth-order valence-electron chi connectivity index (χ4n) is 4.48. The van der Waals surface area contributed by atoms with E-state index in [0.29, 0.717) is 23.3 Å². The van der Waals surface area contributed by atoms with Crippen molar-refractivity contribution < 1.29 is 13.6 Å². The van der Waals surface area contributed by atoms with Gasteiger partial charge in [0.2, 0.25) is 0 Å². The lowest BCUT2D eigenvalue weighted by Crippen LogP contribution is -2.62. The minimum Gasteiger partial charge on any atom is -0.346 e. The Bertz CT molecular complexity index is 838. The Kier molecular flexibility index (Phi) is 4.31. The van der Waals surface area contributed by atoms with Crippen LogP contribution in [0.5, 0.6) is 0 Å². The number of hydrogen-bond donors (Lipinski definition) is 1. The number of piperidine rings is 3. The largest absolute Gasteiger partial charge is 0.346 e. The first-order chi connectivity index (χ1) is 12.5. The molecule has 4 heterocycles. The Balaban J connectivity index is 1.58. The van der Waals surface area contributed by atoms with E-state index in [1.54, 1.807) is 23.7 Å². The first-order valence-corrected chi connectivity index (χ1v) is 9.12. The first-order valence-electron chi connectivity index (χ1n) is 9.12. The van der Waals surface area contributed by atoms with E-state index < -0.39 is 11.6 Å². The SMILES string of the molecule is C[C@H]1[C@H](NC(=O)c2ccc(-c3cccc(F)c3F)n2C)C2CCN1CC2. The molecule has 4 nitrogen and oxygen atoms in total. The molecule has 0 aliphatic carbocycles. The second-order valence-electron chi connectivity index (χ2n) is 7.38. The molecule has 3 aliphatic heterocycles. The van der Waals surface area contributed by atoms with Gasteiger partial charge in [-0.2, -0.15) is 0 Å². The Labute approximate surface area is 151 Å². The number of amides is 1. The number of aromatic nitrogens is 1. The van der Waals surface area contributed by atoms with Crippen molar-refractivity contribution in [3.8, 4) is 11.3 Å². The first kappa shape index (κ1) is 17.2. The molecule has 26 heavy (non-hydrogen) atoms. The molecule has 3 fully saturated rings. The number of halogens is 2. The second kappa shape index (κ2) is 6.50. The van der Waals surface area contributed by atoms with E-state index in [-0.39, 0.29) is 17.5 Å². The predicted octanol–water partition coefficient (Wildman–Crippen LogP) is 3.18. The van der Waals surface area contributed by atoms with E-state index in [9.17, 15) is 13.6 Å². The third-order valence-electron chi connectivity index (χ3n) is 6.06. The van der Waals surface area contributed by atoms with Crippen molar-refractivity contribution in [2.45, 2.75) is 31.8 Å². The Morgan fingerprint density at radius 1 is 1.15 bits per heavy atom. The normalized spacial score (nSPS) is 27.5. The second-order valence-corrected chi connectivity index (χ2v) is 7.38. The van der Waals surface area contributed by atoms with Crippen molar-refractivity contribution in [3.63, 3.8) is 0 Å². The molecule has 1 aromatic carbocycles. The van der Waals surface area contributed by atoms with Crippen molar-refractivity contribution >= 4 is 5.91 Å². The fraction of sp³-hybridized carbons (Fsp3) is 0.450. The number of nitrogens with one attached hydrogen (secondary N) is 1. The molecule has 0 spiro atoms. The van der Waals surface area contributed by atoms with Gasteiger partial charge >= 0.3 is 0 Å². The summed E-state index contributed by atoms with van der Waals surface area (Å²) in [5, 5.41) is 3.18. The van der Waals surface area contributed by atoms with Crippen LogP contribution in [0.25, 0.3) is 11.3 Å². The Hall–Kier alpha value is -2.21. The van der Waals surface area contributed by atoms with E-state index >= 15 is 0 Å². The summed E-state index contributed by atoms with van der Waals surface area (Å²) in [6.45, 7) is 4.37. The third kappa shape index (κ3) is 2.72. The van der Waals surface area contributed by atoms with Crippen LogP contribution in [-0.4, -0.2) is 40.5 Å². The van der Waals surface area contributed by atoms with Gasteiger partial charge in [-0.1, -0.05) is 6.07 Å². The monoisotopic (exact) mass is 359 g/mol. The van der Waals surface area contributed by atoms with Crippen molar-refractivity contribution in [1.82, 2.24) is 14.8 Å². The zero-order valence-electron chi connectivity index (χ0n) is 15.0. The smallest absolute Gasteiger partial charge is 0.268 e. The zero-order valence-corrected chi connectivity index (χ0v) is 15.0. The number of carbonyl (C=O) groups excluding carboxylic acids is 1. The Morgan fingerprint density at radius 2 is 1.88 bits per heavy atom. The third-order valence-corrected chi connectivity index (χ3v) is 6.06. The topological polar surface area (TPSA) is 37.3 Å². The number of nitrogens with zero attached hydrogens (tertiary/aromatic N) is 2. The van der Waals surface area contributed by atoms with Gasteiger partial charge in [-0.3, -0.25) is 9.69 Å². The molecular weight excluding hydrogens is 336 g/mol. The van der Waals surface area contributed by atoms with Crippen LogP contribution in [0.4, 0.5) is 8.78 Å². The lowest BCUT2D eigenvalue weighted by atomic mass is 9.79. The molecule has 3 aliphatic rings. The molecule has 3 saturated heterocycles. The average molecular weight is 359 g/mol. The van der Waals surface area contributed by atoms with Crippen molar-refractivity contribution in [3.05, 3.63) is 47.7 Å². The van der Waals surface area contributed by atoms with Crippen molar-refractivity contribution in [2.75, 3.05) is 13.1 Å². The van der Waals surface area contributed by atoms with Crippen LogP contribution in [0.2, 0.25) is 0 Å². The molecule has 2 aromatic rings. The molecule has 0 unspecified atom stereocenters. The Morgan fingerprint density at radius 3 is 2.58 bits per heavy atom. The van der Waals surface area contributed by atoms with E-state index in [4.69, 9.17) is 0 Å². The maximum Gasteiger partial charge on any atom is 0.268 e. The summed E-state index contributed by atoms with van der Waals surface area (Å²) in [7, 11) is 1.70. The van der Waals surface area contributed by atoms with Crippen LogP contribution in [-0.2, 0) is 7.05 Å².